The Morgan fingerprint density at radius 1 is 1.25 bits per heavy atom. The predicted molar refractivity (Wildman–Crippen MR) is 66.7 cm³/mol. The number of hydrogen-bond acceptors (Lipinski definition) is 3. The number of rotatable bonds is 4. The summed E-state index contributed by atoms with van der Waals surface area (Å²) in [5.74, 6) is 0. The van der Waals surface area contributed by atoms with Crippen LogP contribution in [0.3, 0.4) is 0 Å². The molecule has 2 unspecified atom stereocenters. The second-order valence-electron chi connectivity index (χ2n) is 6.06. The van der Waals surface area contributed by atoms with Crippen LogP contribution in [0.1, 0.15) is 40.0 Å². The molecule has 0 aliphatic carbocycles. The van der Waals surface area contributed by atoms with Gasteiger partial charge >= 0.3 is 0 Å². The first-order valence-electron chi connectivity index (χ1n) is 6.68. The van der Waals surface area contributed by atoms with Gasteiger partial charge in [-0.15, -0.1) is 0 Å². The highest BCUT2D eigenvalue weighted by Gasteiger charge is 2.36. The smallest absolute Gasteiger partial charge is 0.0599 e. The van der Waals surface area contributed by atoms with E-state index in [1.807, 2.05) is 0 Å². The zero-order valence-electron chi connectivity index (χ0n) is 11.0. The highest BCUT2D eigenvalue weighted by molar-refractivity contribution is 4.95. The van der Waals surface area contributed by atoms with Crippen LogP contribution >= 0.6 is 0 Å². The number of ether oxygens (including phenoxy) is 1. The van der Waals surface area contributed by atoms with Crippen molar-refractivity contribution in [2.24, 2.45) is 0 Å². The summed E-state index contributed by atoms with van der Waals surface area (Å²) in [4.78, 5) is 2.64. The van der Waals surface area contributed by atoms with Gasteiger partial charge in [0.1, 0.15) is 0 Å². The number of nitrogens with zero attached hydrogens (tertiary/aromatic N) is 1. The Bertz CT molecular complexity index is 224. The number of hydrogen-bond donors (Lipinski definition) is 1. The molecular weight excluding hydrogens is 200 g/mol. The Morgan fingerprint density at radius 3 is 2.81 bits per heavy atom. The van der Waals surface area contributed by atoms with E-state index < -0.39 is 0 Å². The minimum Gasteiger partial charge on any atom is -0.375 e. The third-order valence-electron chi connectivity index (χ3n) is 3.65. The fraction of sp³-hybridized carbons (Fsp3) is 1.00. The van der Waals surface area contributed by atoms with E-state index in [0.717, 1.165) is 19.2 Å². The van der Waals surface area contributed by atoms with Crippen molar-refractivity contribution in [3.63, 3.8) is 0 Å². The third-order valence-corrected chi connectivity index (χ3v) is 3.65. The van der Waals surface area contributed by atoms with E-state index in [-0.39, 0.29) is 5.60 Å². The van der Waals surface area contributed by atoms with Crippen molar-refractivity contribution in [3.05, 3.63) is 0 Å². The quantitative estimate of drug-likeness (QED) is 0.737. The van der Waals surface area contributed by atoms with Crippen LogP contribution in [0, 0.1) is 0 Å². The molecule has 16 heavy (non-hydrogen) atoms. The molecule has 0 aromatic rings. The van der Waals surface area contributed by atoms with Crippen LogP contribution < -0.4 is 5.32 Å². The first-order chi connectivity index (χ1) is 7.56. The van der Waals surface area contributed by atoms with Gasteiger partial charge in [-0.3, -0.25) is 4.90 Å². The van der Waals surface area contributed by atoms with E-state index in [1.54, 1.807) is 0 Å². The number of fused-ring (bicyclic) bond motifs is 1. The predicted octanol–water partition coefficient (Wildman–Crippen LogP) is 1.63. The van der Waals surface area contributed by atoms with Gasteiger partial charge in [0.15, 0.2) is 0 Å². The summed E-state index contributed by atoms with van der Waals surface area (Å²) in [6.45, 7) is 10.8. The Labute approximate surface area is 99.5 Å². The summed E-state index contributed by atoms with van der Waals surface area (Å²) in [7, 11) is 0. The van der Waals surface area contributed by atoms with Crippen molar-refractivity contribution in [1.82, 2.24) is 10.2 Å². The molecule has 0 amide bonds. The van der Waals surface area contributed by atoms with E-state index in [9.17, 15) is 0 Å². The molecule has 3 heteroatoms. The van der Waals surface area contributed by atoms with Crippen molar-refractivity contribution in [3.8, 4) is 0 Å². The zero-order valence-corrected chi connectivity index (χ0v) is 11.0. The Hall–Kier alpha value is -0.120. The minimum atomic E-state index is -0.00322. The Balaban J connectivity index is 1.63. The monoisotopic (exact) mass is 226 g/mol. The maximum absolute atomic E-state index is 5.72. The normalized spacial score (nSPS) is 30.9. The van der Waals surface area contributed by atoms with Crippen LogP contribution in [0.2, 0.25) is 0 Å². The third kappa shape index (κ3) is 3.19. The Kier molecular flexibility index (Phi) is 3.88. The standard InChI is InChI=1S/C13H26N2O/c1-13(2,3)16-10-7-14-11-6-9-15-8-4-5-12(11)15/h11-12,14H,4-10H2,1-3H3. The van der Waals surface area contributed by atoms with Crippen molar-refractivity contribution in [1.29, 1.82) is 0 Å². The molecule has 2 fully saturated rings. The lowest BCUT2D eigenvalue weighted by atomic mass is 10.1. The molecule has 2 rings (SSSR count). The zero-order chi connectivity index (χ0) is 11.6. The molecule has 0 aromatic heterocycles. The second-order valence-corrected chi connectivity index (χ2v) is 6.06. The fourth-order valence-electron chi connectivity index (χ4n) is 2.92. The molecule has 2 heterocycles. The summed E-state index contributed by atoms with van der Waals surface area (Å²) in [5, 5.41) is 3.66. The molecule has 2 atom stereocenters. The molecule has 2 aliphatic heterocycles. The van der Waals surface area contributed by atoms with Gasteiger partial charge in [-0.05, 0) is 46.6 Å². The van der Waals surface area contributed by atoms with Crippen molar-refractivity contribution < 1.29 is 4.74 Å². The van der Waals surface area contributed by atoms with E-state index >= 15 is 0 Å². The second kappa shape index (κ2) is 5.03. The van der Waals surface area contributed by atoms with Gasteiger partial charge < -0.3 is 10.1 Å². The van der Waals surface area contributed by atoms with Crippen LogP contribution in [-0.4, -0.2) is 48.8 Å². The largest absolute Gasteiger partial charge is 0.375 e. The fourth-order valence-corrected chi connectivity index (χ4v) is 2.92. The van der Waals surface area contributed by atoms with Gasteiger partial charge in [-0.1, -0.05) is 0 Å². The van der Waals surface area contributed by atoms with E-state index in [1.165, 1.54) is 32.4 Å². The van der Waals surface area contributed by atoms with Crippen molar-refractivity contribution in [2.45, 2.75) is 57.7 Å². The SMILES string of the molecule is CC(C)(C)OCCNC1CCN2CCCC12. The van der Waals surface area contributed by atoms with Gasteiger partial charge in [0.25, 0.3) is 0 Å². The van der Waals surface area contributed by atoms with Crippen LogP contribution in [-0.2, 0) is 4.74 Å². The molecule has 2 aliphatic rings. The lowest BCUT2D eigenvalue weighted by molar-refractivity contribution is -0.00184. The topological polar surface area (TPSA) is 24.5 Å². The molecule has 1 N–H and O–H groups in total. The van der Waals surface area contributed by atoms with Crippen molar-refractivity contribution >= 4 is 0 Å². The maximum atomic E-state index is 5.72. The average molecular weight is 226 g/mol. The highest BCUT2D eigenvalue weighted by atomic mass is 16.5. The van der Waals surface area contributed by atoms with Crippen molar-refractivity contribution in [2.75, 3.05) is 26.2 Å². The Morgan fingerprint density at radius 2 is 2.06 bits per heavy atom. The molecule has 0 spiro atoms. The molecule has 0 bridgehead atoms. The lowest BCUT2D eigenvalue weighted by Gasteiger charge is -2.23. The summed E-state index contributed by atoms with van der Waals surface area (Å²) >= 11 is 0. The van der Waals surface area contributed by atoms with Gasteiger partial charge in [0, 0.05) is 25.2 Å². The van der Waals surface area contributed by atoms with E-state index in [0.29, 0.717) is 6.04 Å². The van der Waals surface area contributed by atoms with Crippen LogP contribution in [0.4, 0.5) is 0 Å². The first-order valence-corrected chi connectivity index (χ1v) is 6.68. The van der Waals surface area contributed by atoms with Gasteiger partial charge in [-0.2, -0.15) is 0 Å². The maximum Gasteiger partial charge on any atom is 0.0599 e. The van der Waals surface area contributed by atoms with Gasteiger partial charge in [-0.25, -0.2) is 0 Å². The summed E-state index contributed by atoms with van der Waals surface area (Å²) < 4.78 is 5.72. The minimum absolute atomic E-state index is 0.00322. The van der Waals surface area contributed by atoms with E-state index in [2.05, 4.69) is 31.0 Å². The molecule has 3 nitrogen and oxygen atoms in total. The average Bonchev–Trinajstić information content (AvgIpc) is 2.73. The van der Waals surface area contributed by atoms with E-state index in [4.69, 9.17) is 4.74 Å². The summed E-state index contributed by atoms with van der Waals surface area (Å²) in [5.41, 5.74) is -0.00322. The number of nitrogens with one attached hydrogen (secondary N) is 1. The molecule has 0 radical (unpaired) electrons. The lowest BCUT2D eigenvalue weighted by Crippen LogP contribution is -2.41. The van der Waals surface area contributed by atoms with Gasteiger partial charge in [0.2, 0.25) is 0 Å². The van der Waals surface area contributed by atoms with Crippen LogP contribution in [0.25, 0.3) is 0 Å². The first kappa shape index (κ1) is 12.3. The molecule has 0 aromatic carbocycles. The van der Waals surface area contributed by atoms with Crippen LogP contribution in [0.15, 0.2) is 0 Å². The molecule has 0 saturated carbocycles. The summed E-state index contributed by atoms with van der Waals surface area (Å²) in [6, 6.07) is 1.53. The van der Waals surface area contributed by atoms with Crippen LogP contribution in [0.5, 0.6) is 0 Å². The molecule has 2 saturated heterocycles. The molecular formula is C13H26N2O. The molecule has 94 valence electrons. The highest BCUT2D eigenvalue weighted by Crippen LogP contribution is 2.27. The summed E-state index contributed by atoms with van der Waals surface area (Å²) in [6.07, 6.45) is 4.10. The van der Waals surface area contributed by atoms with Gasteiger partial charge in [0.05, 0.1) is 12.2 Å².